The molecule has 136 valence electrons. The first kappa shape index (κ1) is 22.8. The quantitative estimate of drug-likeness (QED) is 0.620. The minimum Gasteiger partial charge on any atom is -0.545 e. The fourth-order valence-corrected chi connectivity index (χ4v) is 2.27. The van der Waals surface area contributed by atoms with E-state index in [9.17, 15) is 27.9 Å². The molecule has 0 radical (unpaired) electrons. The Morgan fingerprint density at radius 2 is 1.70 bits per heavy atom. The van der Waals surface area contributed by atoms with Crippen LogP contribution in [-0.2, 0) is 11.0 Å². The maximum Gasteiger partial charge on any atom is 1.00 e. The molecule has 27 heavy (non-hydrogen) atoms. The number of hydrogen-bond acceptors (Lipinski definition) is 3. The van der Waals surface area contributed by atoms with Crippen molar-refractivity contribution < 1.29 is 46.7 Å². The molecular formula is C18H12ClF3LiNO3. The minimum absolute atomic E-state index is 0. The number of carboxylic acids is 1. The number of nitrogens with one attached hydrogen (secondary N) is 1. The van der Waals surface area contributed by atoms with Gasteiger partial charge in [0, 0.05) is 16.2 Å². The second-order valence-corrected chi connectivity index (χ2v) is 5.82. The number of alkyl halides is 3. The Morgan fingerprint density at radius 1 is 1.11 bits per heavy atom. The van der Waals surface area contributed by atoms with Crippen LogP contribution in [0.5, 0.6) is 0 Å². The summed E-state index contributed by atoms with van der Waals surface area (Å²) in [7, 11) is 0. The third-order valence-electron chi connectivity index (χ3n) is 3.43. The van der Waals surface area contributed by atoms with Crippen molar-refractivity contribution in [1.29, 1.82) is 0 Å². The van der Waals surface area contributed by atoms with E-state index in [0.717, 1.165) is 12.1 Å². The summed E-state index contributed by atoms with van der Waals surface area (Å²) >= 11 is 5.79. The Kier molecular flexibility index (Phi) is 7.73. The molecule has 9 heteroatoms. The molecule has 0 saturated heterocycles. The van der Waals surface area contributed by atoms with Gasteiger partial charge in [0.1, 0.15) is 0 Å². The molecule has 0 saturated carbocycles. The zero-order chi connectivity index (χ0) is 19.5. The summed E-state index contributed by atoms with van der Waals surface area (Å²) in [6.45, 7) is 1.44. The second-order valence-electron chi connectivity index (χ2n) is 5.38. The van der Waals surface area contributed by atoms with Gasteiger partial charge in [0.2, 0.25) is 0 Å². The Labute approximate surface area is 170 Å². The number of carbonyl (C=O) groups is 2. The molecule has 2 rings (SSSR count). The molecule has 1 amide bonds. The average Bonchev–Trinajstić information content (AvgIpc) is 2.54. The number of amides is 1. The van der Waals surface area contributed by atoms with Gasteiger partial charge in [-0.1, -0.05) is 23.7 Å². The molecule has 2 aromatic carbocycles. The molecule has 4 nitrogen and oxygen atoms in total. The van der Waals surface area contributed by atoms with E-state index in [0.29, 0.717) is 5.56 Å². The molecule has 0 unspecified atom stereocenters. The Morgan fingerprint density at radius 3 is 2.22 bits per heavy atom. The van der Waals surface area contributed by atoms with Crippen molar-refractivity contribution in [2.75, 3.05) is 5.32 Å². The van der Waals surface area contributed by atoms with Crippen LogP contribution in [0.2, 0.25) is 5.02 Å². The number of anilines is 1. The van der Waals surface area contributed by atoms with Crippen molar-refractivity contribution in [1.82, 2.24) is 0 Å². The molecule has 0 aliphatic heterocycles. The number of rotatable bonds is 4. The summed E-state index contributed by atoms with van der Waals surface area (Å²) in [6.07, 6.45) is -3.07. The molecule has 0 spiro atoms. The van der Waals surface area contributed by atoms with Crippen LogP contribution in [0.25, 0.3) is 6.08 Å². The van der Waals surface area contributed by atoms with Crippen LogP contribution in [0.3, 0.4) is 0 Å². The molecule has 0 fully saturated rings. The fraction of sp³-hybridized carbons (Fsp3) is 0.111. The number of hydrogen-bond donors (Lipinski definition) is 1. The summed E-state index contributed by atoms with van der Waals surface area (Å²) in [5, 5.41) is 13.7. The van der Waals surface area contributed by atoms with Crippen LogP contribution in [0.4, 0.5) is 18.9 Å². The van der Waals surface area contributed by atoms with E-state index in [2.05, 4.69) is 5.32 Å². The predicted molar refractivity (Wildman–Crippen MR) is 89.5 cm³/mol. The van der Waals surface area contributed by atoms with E-state index in [-0.39, 0.29) is 40.7 Å². The van der Waals surface area contributed by atoms with Crippen LogP contribution >= 0.6 is 11.6 Å². The van der Waals surface area contributed by atoms with Crippen molar-refractivity contribution in [2.24, 2.45) is 0 Å². The van der Waals surface area contributed by atoms with Gasteiger partial charge in [0.25, 0.3) is 5.91 Å². The van der Waals surface area contributed by atoms with E-state index in [1.807, 2.05) is 0 Å². The molecule has 0 atom stereocenters. The molecule has 0 aliphatic carbocycles. The van der Waals surface area contributed by atoms with Crippen molar-refractivity contribution in [2.45, 2.75) is 13.1 Å². The van der Waals surface area contributed by atoms with Crippen molar-refractivity contribution in [3.63, 3.8) is 0 Å². The molecule has 1 N–H and O–H groups in total. The van der Waals surface area contributed by atoms with Crippen LogP contribution in [0.1, 0.15) is 28.4 Å². The number of carboxylic acid groups (broad SMARTS) is 1. The standard InChI is InChI=1S/C18H13ClF3NO3.Li/c1-10(8-11-2-4-12(5-3-11)18(20,21)22)16(24)23-15-9-13(19)6-7-14(15)17(25)26;/h2-9H,1H3,(H,23,24)(H,25,26);/q;+1/p-1/b10-8+;. The SMILES string of the molecule is C/C(=C\c1ccc(C(F)(F)F)cc1)C(=O)Nc1cc(Cl)ccc1C(=O)[O-].[Li+]. The first-order valence-electron chi connectivity index (χ1n) is 7.26. The normalized spacial score (nSPS) is 11.5. The molecule has 2 aromatic rings. The van der Waals surface area contributed by atoms with Crippen molar-refractivity contribution >= 4 is 35.2 Å². The summed E-state index contributed by atoms with van der Waals surface area (Å²) in [5.41, 5.74) is -0.534. The Bertz CT molecular complexity index is 880. The number of carbonyl (C=O) groups excluding carboxylic acids is 2. The van der Waals surface area contributed by atoms with E-state index >= 15 is 0 Å². The van der Waals surface area contributed by atoms with Gasteiger partial charge >= 0.3 is 25.0 Å². The predicted octanol–water partition coefficient (Wildman–Crippen LogP) is 0.768. The van der Waals surface area contributed by atoms with E-state index in [1.54, 1.807) is 0 Å². The smallest absolute Gasteiger partial charge is 0.545 e. The maximum atomic E-state index is 12.5. The van der Waals surface area contributed by atoms with Gasteiger partial charge in [0.15, 0.2) is 0 Å². The van der Waals surface area contributed by atoms with Gasteiger partial charge in [-0.2, -0.15) is 13.2 Å². The van der Waals surface area contributed by atoms with E-state index in [1.165, 1.54) is 43.3 Å². The summed E-state index contributed by atoms with van der Waals surface area (Å²) in [5.74, 6) is -2.11. The van der Waals surface area contributed by atoms with Crippen LogP contribution in [0, 0.1) is 0 Å². The molecule has 0 heterocycles. The van der Waals surface area contributed by atoms with Gasteiger partial charge in [0.05, 0.1) is 17.2 Å². The third-order valence-corrected chi connectivity index (χ3v) is 3.66. The Hall–Kier alpha value is -2.20. The van der Waals surface area contributed by atoms with Crippen LogP contribution in [-0.4, -0.2) is 11.9 Å². The van der Waals surface area contributed by atoms with E-state index < -0.39 is 23.6 Å². The monoisotopic (exact) mass is 389 g/mol. The van der Waals surface area contributed by atoms with Crippen LogP contribution < -0.4 is 29.3 Å². The number of halogens is 4. The summed E-state index contributed by atoms with van der Waals surface area (Å²) in [6, 6.07) is 8.06. The van der Waals surface area contributed by atoms with Gasteiger partial charge in [-0.05, 0) is 48.9 Å². The van der Waals surface area contributed by atoms with Crippen molar-refractivity contribution in [3.05, 3.63) is 69.8 Å². The van der Waals surface area contributed by atoms with Crippen molar-refractivity contribution in [3.8, 4) is 0 Å². The molecule has 0 aliphatic rings. The zero-order valence-electron chi connectivity index (χ0n) is 14.4. The van der Waals surface area contributed by atoms with Crippen LogP contribution in [0.15, 0.2) is 48.0 Å². The molecule has 0 aromatic heterocycles. The summed E-state index contributed by atoms with van der Waals surface area (Å²) < 4.78 is 37.6. The van der Waals surface area contributed by atoms with Gasteiger partial charge < -0.3 is 15.2 Å². The maximum absolute atomic E-state index is 12.5. The topological polar surface area (TPSA) is 69.2 Å². The minimum atomic E-state index is -4.44. The van der Waals surface area contributed by atoms with Gasteiger partial charge in [-0.15, -0.1) is 0 Å². The molecular weight excluding hydrogens is 378 g/mol. The number of benzene rings is 2. The second kappa shape index (κ2) is 9.13. The average molecular weight is 390 g/mol. The molecule has 0 bridgehead atoms. The first-order chi connectivity index (χ1) is 12.1. The fourth-order valence-electron chi connectivity index (χ4n) is 2.10. The third kappa shape index (κ3) is 6.17. The van der Waals surface area contributed by atoms with Gasteiger partial charge in [-0.3, -0.25) is 4.79 Å². The first-order valence-corrected chi connectivity index (χ1v) is 7.63. The largest absolute Gasteiger partial charge is 1.00 e. The van der Waals surface area contributed by atoms with Gasteiger partial charge in [-0.25, -0.2) is 0 Å². The number of aromatic carboxylic acids is 1. The summed E-state index contributed by atoms with van der Waals surface area (Å²) in [4.78, 5) is 23.3. The Balaban J connectivity index is 0.00000364. The van der Waals surface area contributed by atoms with E-state index in [4.69, 9.17) is 11.6 Å². The zero-order valence-corrected chi connectivity index (χ0v) is 15.1.